The number of fused-ring (bicyclic) bond motifs is 1. The maximum absolute atomic E-state index is 11.5. The summed E-state index contributed by atoms with van der Waals surface area (Å²) in [7, 11) is 0. The van der Waals surface area contributed by atoms with Gasteiger partial charge in [0, 0.05) is 11.5 Å². The van der Waals surface area contributed by atoms with E-state index in [1.807, 2.05) is 0 Å². The molecule has 1 aromatic heterocycles. The smallest absolute Gasteiger partial charge is 0.251 e. The maximum Gasteiger partial charge on any atom is 0.251 e. The molecule has 0 saturated heterocycles. The van der Waals surface area contributed by atoms with Crippen LogP contribution >= 0.6 is 23.2 Å². The third-order valence-electron chi connectivity index (χ3n) is 2.32. The van der Waals surface area contributed by atoms with Gasteiger partial charge in [-0.3, -0.25) is 4.79 Å². The topological polar surface area (TPSA) is 39.1 Å². The van der Waals surface area contributed by atoms with E-state index in [9.17, 15) is 9.59 Å². The normalized spacial score (nSPS) is 10.6. The molecule has 0 spiro atoms. The Hall–Kier alpha value is -1.32. The molecule has 3 nitrogen and oxygen atoms in total. The fraction of sp³-hybridized carbons (Fsp3) is 0.0909. The minimum absolute atomic E-state index is 0.00807. The quantitative estimate of drug-likeness (QED) is 0.774. The van der Waals surface area contributed by atoms with Crippen LogP contribution in [0, 0.1) is 0 Å². The Morgan fingerprint density at radius 2 is 1.94 bits per heavy atom. The van der Waals surface area contributed by atoms with Gasteiger partial charge < -0.3 is 9.36 Å². The predicted octanol–water partition coefficient (Wildman–Crippen LogP) is 2.51. The van der Waals surface area contributed by atoms with Crippen LogP contribution in [0.5, 0.6) is 0 Å². The first-order valence-corrected chi connectivity index (χ1v) is 5.32. The van der Waals surface area contributed by atoms with Gasteiger partial charge in [0.05, 0.1) is 22.1 Å². The lowest BCUT2D eigenvalue weighted by Gasteiger charge is -2.08. The predicted molar refractivity (Wildman–Crippen MR) is 64.3 cm³/mol. The van der Waals surface area contributed by atoms with Crippen LogP contribution in [0.4, 0.5) is 0 Å². The zero-order valence-corrected chi connectivity index (χ0v) is 9.63. The zero-order valence-electron chi connectivity index (χ0n) is 8.11. The Labute approximate surface area is 101 Å². The van der Waals surface area contributed by atoms with Crippen molar-refractivity contribution in [3.05, 3.63) is 44.7 Å². The monoisotopic (exact) mass is 255 g/mol. The Kier molecular flexibility index (Phi) is 2.99. The van der Waals surface area contributed by atoms with Crippen LogP contribution in [0.3, 0.4) is 0 Å². The molecule has 0 saturated carbocycles. The van der Waals surface area contributed by atoms with Crippen molar-refractivity contribution in [2.24, 2.45) is 0 Å². The summed E-state index contributed by atoms with van der Waals surface area (Å²) in [6.45, 7) is 0.00807. The average Bonchev–Trinajstić information content (AvgIpc) is 2.27. The number of carbonyl (C=O) groups is 1. The molecule has 2 aromatic rings. The van der Waals surface area contributed by atoms with Gasteiger partial charge in [0.15, 0.2) is 0 Å². The van der Waals surface area contributed by atoms with Gasteiger partial charge in [-0.25, -0.2) is 0 Å². The van der Waals surface area contributed by atoms with Crippen LogP contribution < -0.4 is 5.56 Å². The van der Waals surface area contributed by atoms with E-state index in [0.717, 1.165) is 0 Å². The van der Waals surface area contributed by atoms with Crippen molar-refractivity contribution in [3.8, 4) is 0 Å². The Morgan fingerprint density at radius 1 is 1.19 bits per heavy atom. The molecule has 0 aliphatic heterocycles. The molecule has 1 heterocycles. The van der Waals surface area contributed by atoms with Crippen molar-refractivity contribution in [2.75, 3.05) is 0 Å². The average molecular weight is 256 g/mol. The van der Waals surface area contributed by atoms with Gasteiger partial charge in [0.25, 0.3) is 5.56 Å². The summed E-state index contributed by atoms with van der Waals surface area (Å²) in [5, 5.41) is 1.47. The SMILES string of the molecule is O=CCn1c(=O)ccc2c(Cl)c(Cl)ccc21. The molecule has 16 heavy (non-hydrogen) atoms. The molecule has 0 fully saturated rings. The fourth-order valence-corrected chi connectivity index (χ4v) is 1.96. The standard InChI is InChI=1S/C11H7Cl2NO2/c12-8-2-3-9-7(11(8)13)1-4-10(16)14(9)5-6-15/h1-4,6H,5H2. The van der Waals surface area contributed by atoms with E-state index >= 15 is 0 Å². The summed E-state index contributed by atoms with van der Waals surface area (Å²) in [4.78, 5) is 22.1. The highest BCUT2D eigenvalue weighted by atomic mass is 35.5. The fourth-order valence-electron chi connectivity index (χ4n) is 1.58. The van der Waals surface area contributed by atoms with E-state index in [1.165, 1.54) is 10.6 Å². The molecule has 0 atom stereocenters. The molecular formula is C11H7Cl2NO2. The molecule has 82 valence electrons. The number of nitrogens with zero attached hydrogens (tertiary/aromatic N) is 1. The van der Waals surface area contributed by atoms with Crippen molar-refractivity contribution in [1.82, 2.24) is 4.57 Å². The van der Waals surface area contributed by atoms with Crippen LogP contribution in [-0.2, 0) is 11.3 Å². The van der Waals surface area contributed by atoms with Crippen molar-refractivity contribution >= 4 is 40.4 Å². The molecule has 0 unspecified atom stereocenters. The number of rotatable bonds is 2. The van der Waals surface area contributed by atoms with Gasteiger partial charge in [-0.1, -0.05) is 23.2 Å². The molecule has 0 amide bonds. The summed E-state index contributed by atoms with van der Waals surface area (Å²) in [5.74, 6) is 0. The summed E-state index contributed by atoms with van der Waals surface area (Å²) in [6, 6.07) is 6.25. The number of hydrogen-bond donors (Lipinski definition) is 0. The van der Waals surface area contributed by atoms with Crippen molar-refractivity contribution < 1.29 is 4.79 Å². The molecule has 2 rings (SSSR count). The van der Waals surface area contributed by atoms with Crippen molar-refractivity contribution in [1.29, 1.82) is 0 Å². The van der Waals surface area contributed by atoms with E-state index in [-0.39, 0.29) is 12.1 Å². The van der Waals surface area contributed by atoms with Gasteiger partial charge in [0.1, 0.15) is 6.29 Å². The number of hydrogen-bond acceptors (Lipinski definition) is 2. The van der Waals surface area contributed by atoms with Crippen LogP contribution in [0.25, 0.3) is 10.9 Å². The summed E-state index contributed by atoms with van der Waals surface area (Å²) in [5.41, 5.74) is 0.368. The van der Waals surface area contributed by atoms with Gasteiger partial charge in [0.2, 0.25) is 0 Å². The third-order valence-corrected chi connectivity index (χ3v) is 3.14. The second-order valence-corrected chi connectivity index (χ2v) is 4.03. The lowest BCUT2D eigenvalue weighted by Crippen LogP contribution is -2.19. The lowest BCUT2D eigenvalue weighted by atomic mass is 10.2. The molecule has 5 heteroatoms. The van der Waals surface area contributed by atoms with Gasteiger partial charge in [-0.05, 0) is 18.2 Å². The highest BCUT2D eigenvalue weighted by Gasteiger charge is 2.07. The molecule has 0 radical (unpaired) electrons. The minimum atomic E-state index is -0.238. The first kappa shape index (κ1) is 11.2. The molecule has 0 aliphatic rings. The van der Waals surface area contributed by atoms with Crippen molar-refractivity contribution in [3.63, 3.8) is 0 Å². The van der Waals surface area contributed by atoms with E-state index in [1.54, 1.807) is 18.2 Å². The van der Waals surface area contributed by atoms with Crippen LogP contribution in [0.1, 0.15) is 0 Å². The number of aldehydes is 1. The first-order chi connectivity index (χ1) is 7.65. The summed E-state index contributed by atoms with van der Waals surface area (Å²) < 4.78 is 1.35. The van der Waals surface area contributed by atoms with Gasteiger partial charge >= 0.3 is 0 Å². The summed E-state index contributed by atoms with van der Waals surface area (Å²) in [6.07, 6.45) is 0.670. The van der Waals surface area contributed by atoms with E-state index in [0.29, 0.717) is 27.2 Å². The van der Waals surface area contributed by atoms with E-state index in [2.05, 4.69) is 0 Å². The second-order valence-electron chi connectivity index (χ2n) is 3.24. The van der Waals surface area contributed by atoms with Crippen molar-refractivity contribution in [2.45, 2.75) is 6.54 Å². The van der Waals surface area contributed by atoms with Crippen LogP contribution in [-0.4, -0.2) is 10.9 Å². The number of pyridine rings is 1. The van der Waals surface area contributed by atoms with Gasteiger partial charge in [-0.2, -0.15) is 0 Å². The van der Waals surface area contributed by atoms with Crippen LogP contribution in [0.2, 0.25) is 10.0 Å². The zero-order chi connectivity index (χ0) is 11.7. The Morgan fingerprint density at radius 3 is 2.62 bits per heavy atom. The first-order valence-electron chi connectivity index (χ1n) is 4.56. The van der Waals surface area contributed by atoms with E-state index in [4.69, 9.17) is 23.2 Å². The molecule has 0 N–H and O–H groups in total. The number of aromatic nitrogens is 1. The second kappa shape index (κ2) is 4.28. The van der Waals surface area contributed by atoms with Crippen LogP contribution in [0.15, 0.2) is 29.1 Å². The minimum Gasteiger partial charge on any atom is -0.301 e. The number of benzene rings is 1. The van der Waals surface area contributed by atoms with Gasteiger partial charge in [-0.15, -0.1) is 0 Å². The molecule has 0 bridgehead atoms. The molecule has 1 aromatic carbocycles. The highest BCUT2D eigenvalue weighted by molar-refractivity contribution is 6.45. The number of halogens is 2. The number of carbonyl (C=O) groups excluding carboxylic acids is 1. The molecular weight excluding hydrogens is 249 g/mol. The Balaban J connectivity index is 2.89. The molecule has 0 aliphatic carbocycles. The highest BCUT2D eigenvalue weighted by Crippen LogP contribution is 2.29. The third kappa shape index (κ3) is 1.72. The Bertz CT molecular complexity index is 619. The van der Waals surface area contributed by atoms with E-state index < -0.39 is 0 Å². The maximum atomic E-state index is 11.5. The summed E-state index contributed by atoms with van der Waals surface area (Å²) >= 11 is 11.9. The lowest BCUT2D eigenvalue weighted by molar-refractivity contribution is -0.108. The largest absolute Gasteiger partial charge is 0.301 e.